The molecule has 0 saturated heterocycles. The Kier molecular flexibility index (Phi) is 11.1. The van der Waals surface area contributed by atoms with E-state index in [4.69, 9.17) is 1.37 Å². The molecule has 0 spiro atoms. The topological polar surface area (TPSA) is 0 Å². The first-order valence-corrected chi connectivity index (χ1v) is 7.60. The molecule has 0 aliphatic heterocycles. The Balaban J connectivity index is 0. The van der Waals surface area contributed by atoms with E-state index in [1.807, 2.05) is 0 Å². The van der Waals surface area contributed by atoms with Crippen molar-refractivity contribution in [3.8, 4) is 0 Å². The molecule has 0 aliphatic rings. The van der Waals surface area contributed by atoms with Crippen LogP contribution in [0.4, 0.5) is 0 Å². The zero-order valence-electron chi connectivity index (χ0n) is 14.6. The van der Waals surface area contributed by atoms with Gasteiger partial charge in [-0.2, -0.15) is 0 Å². The van der Waals surface area contributed by atoms with Gasteiger partial charge in [0.25, 0.3) is 0 Å². The van der Waals surface area contributed by atoms with E-state index in [9.17, 15) is 0 Å². The fourth-order valence-electron chi connectivity index (χ4n) is 2.12. The van der Waals surface area contributed by atoms with Crippen LogP contribution in [-0.2, 0) is 0 Å². The molecule has 0 rings (SSSR count). The van der Waals surface area contributed by atoms with Crippen LogP contribution in [0.15, 0.2) is 0 Å². The maximum atomic E-state index is 6.80. The van der Waals surface area contributed by atoms with Crippen molar-refractivity contribution in [3.63, 3.8) is 0 Å². The molecule has 0 aromatic heterocycles. The molecule has 0 bridgehead atoms. The van der Waals surface area contributed by atoms with Gasteiger partial charge in [0.2, 0.25) is 0 Å². The van der Waals surface area contributed by atoms with Crippen molar-refractivity contribution in [2.75, 3.05) is 0 Å². The molecule has 0 aromatic rings. The molecule has 0 nitrogen and oxygen atoms in total. The van der Waals surface area contributed by atoms with E-state index in [-0.39, 0.29) is 0 Å². The van der Waals surface area contributed by atoms with Gasteiger partial charge in [-0.1, -0.05) is 87.5 Å². The summed E-state index contributed by atoms with van der Waals surface area (Å²) in [6.07, 6.45) is 7.68. The van der Waals surface area contributed by atoms with Gasteiger partial charge < -0.3 is 0 Å². The average Bonchev–Trinajstić information content (AvgIpc) is 2.27. The van der Waals surface area contributed by atoms with Crippen LogP contribution < -0.4 is 0 Å². The second kappa shape index (κ2) is 11.1. The highest BCUT2D eigenvalue weighted by Gasteiger charge is 2.23. The highest BCUT2D eigenvalue weighted by atomic mass is 14.3. The summed E-state index contributed by atoms with van der Waals surface area (Å²) >= 11 is 0. The van der Waals surface area contributed by atoms with Crippen molar-refractivity contribution < 1.29 is 1.37 Å². The van der Waals surface area contributed by atoms with E-state index in [0.29, 0.717) is 12.3 Å². The smallest absolute Gasteiger partial charge is 0.0230 e. The fourth-order valence-corrected chi connectivity index (χ4v) is 2.12. The van der Waals surface area contributed by atoms with Gasteiger partial charge in [0.15, 0.2) is 0 Å². The molecule has 0 heterocycles. The first-order chi connectivity index (χ1) is 8.31. The van der Waals surface area contributed by atoms with Crippen molar-refractivity contribution in [1.82, 2.24) is 0 Å². The summed E-state index contributed by atoms with van der Waals surface area (Å²) in [6, 6.07) is 0. The van der Waals surface area contributed by atoms with Crippen molar-refractivity contribution >= 4 is 0 Å². The molecule has 0 aromatic carbocycles. The highest BCUT2D eigenvalue weighted by Crippen LogP contribution is 2.34. The molecule has 0 saturated carbocycles. The Morgan fingerprint density at radius 2 is 1.53 bits per heavy atom. The predicted octanol–water partition coefficient (Wildman–Crippen LogP) is 6.69. The lowest BCUT2D eigenvalue weighted by molar-refractivity contribution is 0.197. The number of hydrogen-bond acceptors (Lipinski definition) is 0. The minimum atomic E-state index is 0.560. The summed E-state index contributed by atoms with van der Waals surface area (Å²) in [6.45, 7) is 16.7. The number of rotatable bonds is 7. The lowest BCUT2D eigenvalue weighted by Gasteiger charge is -2.31. The Morgan fingerprint density at radius 3 is 1.82 bits per heavy atom. The van der Waals surface area contributed by atoms with E-state index in [2.05, 4.69) is 48.5 Å². The molecule has 0 radical (unpaired) electrons. The lowest BCUT2D eigenvalue weighted by atomic mass is 9.75. The van der Waals surface area contributed by atoms with Gasteiger partial charge in [0.05, 0.1) is 0 Å². The van der Waals surface area contributed by atoms with Gasteiger partial charge in [0, 0.05) is 1.37 Å². The summed E-state index contributed by atoms with van der Waals surface area (Å²) in [5.41, 5.74) is 0.560. The molecular weight excluding hydrogens is 204 g/mol. The summed E-state index contributed by atoms with van der Waals surface area (Å²) in [7, 11) is 0. The van der Waals surface area contributed by atoms with E-state index < -0.39 is 0 Å². The van der Waals surface area contributed by atoms with E-state index in [0.717, 1.165) is 18.3 Å². The normalized spacial score (nSPS) is 14.0. The molecule has 0 heteroatoms. The molecule has 106 valence electrons. The van der Waals surface area contributed by atoms with Crippen LogP contribution in [0.1, 0.15) is 95.3 Å². The molecule has 0 N–H and O–H groups in total. The first-order valence-electron chi connectivity index (χ1n) is 8.31. The maximum absolute atomic E-state index is 6.80. The van der Waals surface area contributed by atoms with Gasteiger partial charge >= 0.3 is 0 Å². The lowest BCUT2D eigenvalue weighted by Crippen LogP contribution is -2.21. The van der Waals surface area contributed by atoms with Crippen LogP contribution >= 0.6 is 0 Å². The summed E-state index contributed by atoms with van der Waals surface area (Å²) in [4.78, 5) is 0. The highest BCUT2D eigenvalue weighted by molar-refractivity contribution is 4.74. The van der Waals surface area contributed by atoms with Crippen LogP contribution in [0.5, 0.6) is 0 Å². The minimum Gasteiger partial charge on any atom is -0.0654 e. The van der Waals surface area contributed by atoms with E-state index in [1.165, 1.54) is 32.1 Å². The molecular formula is C17H38. The largest absolute Gasteiger partial charge is 0.0654 e. The van der Waals surface area contributed by atoms with Crippen molar-refractivity contribution in [1.29, 1.82) is 0 Å². The molecule has 0 amide bonds. The zero-order valence-corrected chi connectivity index (χ0v) is 13.6. The molecule has 0 aliphatic carbocycles. The van der Waals surface area contributed by atoms with Crippen molar-refractivity contribution in [2.24, 2.45) is 17.3 Å². The average molecular weight is 244 g/mol. The molecule has 0 fully saturated rings. The third-order valence-electron chi connectivity index (χ3n) is 3.73. The summed E-state index contributed by atoms with van der Waals surface area (Å²) in [5.74, 6) is 1.66. The van der Waals surface area contributed by atoms with Crippen molar-refractivity contribution in [3.05, 3.63) is 0 Å². The molecule has 1 atom stereocenters. The quantitative estimate of drug-likeness (QED) is 0.468. The second-order valence-corrected chi connectivity index (χ2v) is 6.46. The van der Waals surface area contributed by atoms with Gasteiger partial charge in [-0.3, -0.25) is 0 Å². The Hall–Kier alpha value is 0. The van der Waals surface area contributed by atoms with Crippen LogP contribution in [-0.4, -0.2) is 0 Å². The van der Waals surface area contributed by atoms with Gasteiger partial charge in [-0.05, 0) is 23.7 Å². The minimum absolute atomic E-state index is 0.560. The third kappa shape index (κ3) is 12.2. The SMILES string of the molecule is CCCC(C)C(C)(C)CCC.[3H]CCCC(C)C. The fraction of sp³-hybridized carbons (Fsp3) is 1.00. The Labute approximate surface area is 113 Å². The monoisotopic (exact) mass is 244 g/mol. The van der Waals surface area contributed by atoms with E-state index in [1.54, 1.807) is 0 Å². The van der Waals surface area contributed by atoms with Crippen molar-refractivity contribution in [2.45, 2.75) is 93.9 Å². The maximum Gasteiger partial charge on any atom is 0.0230 e. The van der Waals surface area contributed by atoms with Crippen LogP contribution in [0.2, 0.25) is 0 Å². The van der Waals surface area contributed by atoms with Crippen LogP contribution in [0.25, 0.3) is 0 Å². The Morgan fingerprint density at radius 1 is 0.941 bits per heavy atom. The zero-order chi connectivity index (χ0) is 14.6. The van der Waals surface area contributed by atoms with Crippen LogP contribution in [0, 0.1) is 17.3 Å². The summed E-state index contributed by atoms with van der Waals surface area (Å²) < 4.78 is 6.80. The van der Waals surface area contributed by atoms with Gasteiger partial charge in [0.1, 0.15) is 0 Å². The first kappa shape index (κ1) is 17.0. The van der Waals surface area contributed by atoms with Crippen LogP contribution in [0.3, 0.4) is 0 Å². The standard InChI is InChI=1S/C11H24.C6H14/c1-6-8-10(3)11(4,5)9-7-2;1-4-5-6(2)3/h10H,6-9H2,1-5H3;6H,4-5H2,1-3H3/i;1T. The summed E-state index contributed by atoms with van der Waals surface area (Å²) in [5, 5.41) is 0. The van der Waals surface area contributed by atoms with Gasteiger partial charge in [-0.25, -0.2) is 0 Å². The second-order valence-electron chi connectivity index (χ2n) is 6.46. The van der Waals surface area contributed by atoms with Gasteiger partial charge in [-0.15, -0.1) is 0 Å². The molecule has 17 heavy (non-hydrogen) atoms. The third-order valence-corrected chi connectivity index (χ3v) is 3.73. The number of hydrogen-bond donors (Lipinski definition) is 0. The Bertz CT molecular complexity index is 161. The predicted molar refractivity (Wildman–Crippen MR) is 82.5 cm³/mol. The van der Waals surface area contributed by atoms with E-state index >= 15 is 0 Å². The molecule has 1 unspecified atom stereocenters.